The Morgan fingerprint density at radius 1 is 1.37 bits per heavy atom. The van der Waals surface area contributed by atoms with Crippen LogP contribution in [-0.2, 0) is 6.54 Å². The lowest BCUT2D eigenvalue weighted by Gasteiger charge is -2.35. The monoisotopic (exact) mass is 329 g/mol. The molecular weight excluding hydrogens is 309 g/mol. The molecule has 0 saturated heterocycles. The highest BCUT2D eigenvalue weighted by atomic mass is 79.9. The van der Waals surface area contributed by atoms with E-state index in [4.69, 9.17) is 4.74 Å². The van der Waals surface area contributed by atoms with E-state index in [-0.39, 0.29) is 5.82 Å². The van der Waals surface area contributed by atoms with Crippen molar-refractivity contribution in [2.75, 3.05) is 14.2 Å². The lowest BCUT2D eigenvalue weighted by molar-refractivity contribution is 0.191. The summed E-state index contributed by atoms with van der Waals surface area (Å²) in [5, 5.41) is 0. The van der Waals surface area contributed by atoms with Gasteiger partial charge in [0, 0.05) is 29.0 Å². The molecule has 0 spiro atoms. The summed E-state index contributed by atoms with van der Waals surface area (Å²) in [7, 11) is 3.63. The van der Waals surface area contributed by atoms with Crippen LogP contribution >= 0.6 is 15.9 Å². The maximum Gasteiger partial charge on any atom is 0.131 e. The van der Waals surface area contributed by atoms with E-state index < -0.39 is 0 Å². The Morgan fingerprint density at radius 3 is 2.74 bits per heavy atom. The Labute approximate surface area is 123 Å². The Bertz CT molecular complexity index is 427. The minimum absolute atomic E-state index is 0.187. The summed E-state index contributed by atoms with van der Waals surface area (Å²) in [5.74, 6) is 0.382. The van der Waals surface area contributed by atoms with Crippen molar-refractivity contribution in [3.05, 3.63) is 29.6 Å². The van der Waals surface area contributed by atoms with Crippen LogP contribution in [0.4, 0.5) is 4.39 Å². The summed E-state index contributed by atoms with van der Waals surface area (Å²) in [6.07, 6.45) is 4.95. The maximum absolute atomic E-state index is 13.9. The fraction of sp³-hybridized carbons (Fsp3) is 0.600. The molecule has 1 aliphatic rings. The molecule has 0 aromatic heterocycles. The summed E-state index contributed by atoms with van der Waals surface area (Å²) in [5.41, 5.74) is 0.730. The molecule has 1 fully saturated rings. The Kier molecular flexibility index (Phi) is 5.22. The third-order valence-corrected chi connectivity index (χ3v) is 4.96. The zero-order valence-electron chi connectivity index (χ0n) is 11.5. The predicted octanol–water partition coefficient (Wildman–Crippen LogP) is 3.97. The second-order valence-corrected chi connectivity index (χ2v) is 6.42. The highest BCUT2D eigenvalue weighted by molar-refractivity contribution is 9.09. The number of nitrogens with zero attached hydrogens (tertiary/aromatic N) is 1. The van der Waals surface area contributed by atoms with Crippen LogP contribution in [0.1, 0.15) is 31.2 Å². The first kappa shape index (κ1) is 14.8. The van der Waals surface area contributed by atoms with Crippen LogP contribution in [0.25, 0.3) is 0 Å². The summed E-state index contributed by atoms with van der Waals surface area (Å²) < 4.78 is 19.0. The van der Waals surface area contributed by atoms with Crippen molar-refractivity contribution in [3.63, 3.8) is 0 Å². The van der Waals surface area contributed by atoms with Crippen LogP contribution in [0.2, 0.25) is 0 Å². The summed E-state index contributed by atoms with van der Waals surface area (Å²) in [6.45, 7) is 0.641. The average Bonchev–Trinajstić information content (AvgIpc) is 2.41. The Balaban J connectivity index is 2.03. The molecule has 2 rings (SSSR count). The summed E-state index contributed by atoms with van der Waals surface area (Å²) in [4.78, 5) is 2.77. The molecule has 2 nitrogen and oxygen atoms in total. The van der Waals surface area contributed by atoms with Crippen molar-refractivity contribution in [2.24, 2.45) is 0 Å². The van der Waals surface area contributed by atoms with E-state index in [0.29, 0.717) is 23.2 Å². The van der Waals surface area contributed by atoms with Crippen molar-refractivity contribution in [2.45, 2.75) is 43.1 Å². The van der Waals surface area contributed by atoms with E-state index in [1.54, 1.807) is 7.11 Å². The average molecular weight is 330 g/mol. The molecule has 0 N–H and O–H groups in total. The van der Waals surface area contributed by atoms with E-state index in [0.717, 1.165) is 5.56 Å². The maximum atomic E-state index is 13.9. The SMILES string of the molecule is COc1ccc(CN(C)C2CCCCC2Br)c(F)c1. The first-order valence-electron chi connectivity index (χ1n) is 6.78. The van der Waals surface area contributed by atoms with E-state index in [1.807, 2.05) is 12.1 Å². The molecule has 0 aliphatic heterocycles. The van der Waals surface area contributed by atoms with Crippen molar-refractivity contribution in [3.8, 4) is 5.75 Å². The van der Waals surface area contributed by atoms with Crippen LogP contribution in [0, 0.1) is 5.82 Å². The first-order chi connectivity index (χ1) is 9.11. The molecule has 0 heterocycles. The second-order valence-electron chi connectivity index (χ2n) is 5.24. The third kappa shape index (κ3) is 3.69. The van der Waals surface area contributed by atoms with E-state index in [2.05, 4.69) is 27.9 Å². The van der Waals surface area contributed by atoms with Gasteiger partial charge in [-0.2, -0.15) is 0 Å². The summed E-state index contributed by atoms with van der Waals surface area (Å²) >= 11 is 3.75. The van der Waals surface area contributed by atoms with Gasteiger partial charge in [-0.15, -0.1) is 0 Å². The number of benzene rings is 1. The van der Waals surface area contributed by atoms with Gasteiger partial charge < -0.3 is 4.74 Å². The molecular formula is C15H21BrFNO. The van der Waals surface area contributed by atoms with Crippen LogP contribution in [0.15, 0.2) is 18.2 Å². The fourth-order valence-corrected chi connectivity index (χ4v) is 3.72. The minimum atomic E-state index is -0.187. The van der Waals surface area contributed by atoms with Crippen LogP contribution in [0.3, 0.4) is 0 Å². The van der Waals surface area contributed by atoms with Crippen molar-refractivity contribution < 1.29 is 9.13 Å². The van der Waals surface area contributed by atoms with E-state index >= 15 is 0 Å². The standard InChI is InChI=1S/C15H21BrFNO/c1-18(15-6-4-3-5-13(15)16)10-11-7-8-12(19-2)9-14(11)17/h7-9,13,15H,3-6,10H2,1-2H3. The van der Waals surface area contributed by atoms with Gasteiger partial charge >= 0.3 is 0 Å². The molecule has 2 atom stereocenters. The zero-order valence-corrected chi connectivity index (χ0v) is 13.1. The minimum Gasteiger partial charge on any atom is -0.497 e. The molecule has 1 aromatic rings. The highest BCUT2D eigenvalue weighted by Crippen LogP contribution is 2.29. The lowest BCUT2D eigenvalue weighted by atomic mass is 9.94. The van der Waals surface area contributed by atoms with Gasteiger partial charge in [0.2, 0.25) is 0 Å². The number of hydrogen-bond donors (Lipinski definition) is 0. The lowest BCUT2D eigenvalue weighted by Crippen LogP contribution is -2.40. The van der Waals surface area contributed by atoms with E-state index in [1.165, 1.54) is 31.7 Å². The van der Waals surface area contributed by atoms with Gasteiger partial charge in [-0.05, 0) is 26.0 Å². The largest absolute Gasteiger partial charge is 0.497 e. The van der Waals surface area contributed by atoms with Gasteiger partial charge in [0.1, 0.15) is 11.6 Å². The van der Waals surface area contributed by atoms with Gasteiger partial charge in [0.15, 0.2) is 0 Å². The van der Waals surface area contributed by atoms with Gasteiger partial charge in [0.05, 0.1) is 7.11 Å². The zero-order chi connectivity index (χ0) is 13.8. The molecule has 19 heavy (non-hydrogen) atoms. The number of ether oxygens (including phenoxy) is 1. The number of hydrogen-bond acceptors (Lipinski definition) is 2. The smallest absolute Gasteiger partial charge is 0.131 e. The van der Waals surface area contributed by atoms with Gasteiger partial charge in [-0.25, -0.2) is 4.39 Å². The molecule has 1 saturated carbocycles. The highest BCUT2D eigenvalue weighted by Gasteiger charge is 2.26. The number of methoxy groups -OCH3 is 1. The molecule has 1 aromatic carbocycles. The predicted molar refractivity (Wildman–Crippen MR) is 79.4 cm³/mol. The molecule has 0 amide bonds. The molecule has 0 radical (unpaired) electrons. The molecule has 4 heteroatoms. The van der Waals surface area contributed by atoms with Crippen LogP contribution in [-0.4, -0.2) is 29.9 Å². The molecule has 106 valence electrons. The van der Waals surface area contributed by atoms with Gasteiger partial charge in [-0.3, -0.25) is 4.90 Å². The Hall–Kier alpha value is -0.610. The van der Waals surface area contributed by atoms with Crippen LogP contribution in [0.5, 0.6) is 5.75 Å². The number of halogens is 2. The Morgan fingerprint density at radius 2 is 2.11 bits per heavy atom. The van der Waals surface area contributed by atoms with Gasteiger partial charge in [0.25, 0.3) is 0 Å². The normalized spacial score (nSPS) is 23.6. The molecule has 2 unspecified atom stereocenters. The van der Waals surface area contributed by atoms with Crippen molar-refractivity contribution in [1.29, 1.82) is 0 Å². The fourth-order valence-electron chi connectivity index (χ4n) is 2.73. The van der Waals surface area contributed by atoms with Crippen molar-refractivity contribution in [1.82, 2.24) is 4.90 Å². The molecule has 0 bridgehead atoms. The third-order valence-electron chi connectivity index (χ3n) is 3.89. The number of rotatable bonds is 4. The molecule has 1 aliphatic carbocycles. The van der Waals surface area contributed by atoms with Crippen LogP contribution < -0.4 is 4.74 Å². The van der Waals surface area contributed by atoms with E-state index in [9.17, 15) is 4.39 Å². The topological polar surface area (TPSA) is 12.5 Å². The second kappa shape index (κ2) is 6.71. The quantitative estimate of drug-likeness (QED) is 0.775. The van der Waals surface area contributed by atoms with Gasteiger partial charge in [-0.1, -0.05) is 34.8 Å². The first-order valence-corrected chi connectivity index (χ1v) is 7.70. The summed E-state index contributed by atoms with van der Waals surface area (Å²) in [6, 6.07) is 5.58. The number of alkyl halides is 1. The van der Waals surface area contributed by atoms with Crippen molar-refractivity contribution >= 4 is 15.9 Å².